The van der Waals surface area contributed by atoms with Crippen molar-refractivity contribution in [2.45, 2.75) is 46.3 Å². The van der Waals surface area contributed by atoms with Crippen molar-refractivity contribution in [3.63, 3.8) is 0 Å². The Morgan fingerprint density at radius 2 is 1.53 bits per heavy atom. The summed E-state index contributed by atoms with van der Waals surface area (Å²) in [7, 11) is 0. The third-order valence-electron chi connectivity index (χ3n) is 5.27. The number of hydrogen-bond donors (Lipinski definition) is 1. The van der Waals surface area contributed by atoms with Crippen LogP contribution in [0.5, 0.6) is 0 Å². The molecule has 1 N–H and O–H groups in total. The molecule has 172 valence electrons. The highest BCUT2D eigenvalue weighted by molar-refractivity contribution is 5.87. The average Bonchev–Trinajstić information content (AvgIpc) is 2.70. The first kappa shape index (κ1) is 23.6. The summed E-state index contributed by atoms with van der Waals surface area (Å²) in [5, 5.41) is 2.78. The topological polar surface area (TPSA) is 61.9 Å². The standard InChI is InChI=1S/C25H32FN3O3/c1-17-14-18(2)16-19(15-17)22(27-24(31)32-25(3,4)5)23(30)29-12-10-28(11-13-29)21-8-6-20(26)7-9-21/h6-9,14-16,22H,10-13H2,1-5H3,(H,27,31). The minimum atomic E-state index is -0.833. The van der Waals surface area contributed by atoms with Gasteiger partial charge in [-0.25, -0.2) is 9.18 Å². The van der Waals surface area contributed by atoms with E-state index in [1.54, 1.807) is 37.8 Å². The number of benzene rings is 2. The monoisotopic (exact) mass is 441 g/mol. The van der Waals surface area contributed by atoms with Crippen LogP contribution in [0.1, 0.15) is 43.5 Å². The van der Waals surface area contributed by atoms with E-state index in [4.69, 9.17) is 4.74 Å². The number of ether oxygens (including phenoxy) is 1. The van der Waals surface area contributed by atoms with E-state index < -0.39 is 17.7 Å². The van der Waals surface area contributed by atoms with Gasteiger partial charge in [0.25, 0.3) is 0 Å². The lowest BCUT2D eigenvalue weighted by Gasteiger charge is -2.38. The van der Waals surface area contributed by atoms with Gasteiger partial charge < -0.3 is 19.9 Å². The number of rotatable bonds is 4. The molecule has 3 rings (SSSR count). The average molecular weight is 442 g/mol. The van der Waals surface area contributed by atoms with E-state index in [1.165, 1.54) is 12.1 Å². The van der Waals surface area contributed by atoms with Gasteiger partial charge >= 0.3 is 6.09 Å². The highest BCUT2D eigenvalue weighted by atomic mass is 19.1. The molecule has 0 aromatic heterocycles. The van der Waals surface area contributed by atoms with Crippen molar-refractivity contribution >= 4 is 17.7 Å². The Bertz CT molecular complexity index is 941. The summed E-state index contributed by atoms with van der Waals surface area (Å²) < 4.78 is 18.6. The van der Waals surface area contributed by atoms with Crippen molar-refractivity contribution in [3.05, 3.63) is 65.0 Å². The molecule has 1 aliphatic rings. The molecule has 0 aliphatic carbocycles. The molecule has 1 heterocycles. The predicted molar refractivity (Wildman–Crippen MR) is 123 cm³/mol. The van der Waals surface area contributed by atoms with E-state index in [-0.39, 0.29) is 11.7 Å². The molecule has 0 spiro atoms. The number of anilines is 1. The van der Waals surface area contributed by atoms with Crippen molar-refractivity contribution < 1.29 is 18.7 Å². The number of carbonyl (C=O) groups excluding carboxylic acids is 2. The number of nitrogens with zero attached hydrogens (tertiary/aromatic N) is 2. The molecule has 1 fully saturated rings. The van der Waals surface area contributed by atoms with Gasteiger partial charge in [-0.2, -0.15) is 0 Å². The number of carbonyl (C=O) groups is 2. The minimum absolute atomic E-state index is 0.167. The van der Waals surface area contributed by atoms with Gasteiger partial charge in [-0.05, 0) is 64.4 Å². The quantitative estimate of drug-likeness (QED) is 0.766. The van der Waals surface area contributed by atoms with E-state index in [1.807, 2.05) is 32.0 Å². The van der Waals surface area contributed by atoms with Crippen LogP contribution in [-0.2, 0) is 9.53 Å². The lowest BCUT2D eigenvalue weighted by Crippen LogP contribution is -2.52. The molecule has 1 unspecified atom stereocenters. The van der Waals surface area contributed by atoms with Crippen LogP contribution in [0, 0.1) is 19.7 Å². The van der Waals surface area contributed by atoms with Crippen molar-refractivity contribution in [2.75, 3.05) is 31.1 Å². The fraction of sp³-hybridized carbons (Fsp3) is 0.440. The van der Waals surface area contributed by atoms with Crippen molar-refractivity contribution in [2.24, 2.45) is 0 Å². The van der Waals surface area contributed by atoms with Crippen molar-refractivity contribution in [1.29, 1.82) is 0 Å². The van der Waals surface area contributed by atoms with Crippen LogP contribution in [0.15, 0.2) is 42.5 Å². The highest BCUT2D eigenvalue weighted by Crippen LogP contribution is 2.23. The molecule has 1 aliphatic heterocycles. The van der Waals surface area contributed by atoms with Crippen molar-refractivity contribution in [3.8, 4) is 0 Å². The summed E-state index contributed by atoms with van der Waals surface area (Å²) in [5.41, 5.74) is 3.03. The van der Waals surface area contributed by atoms with E-state index >= 15 is 0 Å². The number of hydrogen-bond acceptors (Lipinski definition) is 4. The van der Waals surface area contributed by atoms with Gasteiger partial charge in [-0.15, -0.1) is 0 Å². The number of alkyl carbamates (subject to hydrolysis) is 1. The summed E-state index contributed by atoms with van der Waals surface area (Å²) in [5.74, 6) is -0.438. The van der Waals surface area contributed by atoms with Gasteiger partial charge in [0, 0.05) is 31.9 Å². The van der Waals surface area contributed by atoms with Crippen LogP contribution in [0.4, 0.5) is 14.9 Å². The predicted octanol–water partition coefficient (Wildman–Crippen LogP) is 4.36. The molecule has 7 heteroatoms. The van der Waals surface area contributed by atoms with Gasteiger partial charge in [0.15, 0.2) is 0 Å². The van der Waals surface area contributed by atoms with Gasteiger partial charge in [0.05, 0.1) is 0 Å². The molecule has 2 amide bonds. The number of aryl methyl sites for hydroxylation is 2. The zero-order valence-electron chi connectivity index (χ0n) is 19.4. The molecule has 2 aromatic carbocycles. The molecule has 2 aromatic rings. The first-order valence-corrected chi connectivity index (χ1v) is 10.9. The first-order chi connectivity index (χ1) is 15.0. The lowest BCUT2D eigenvalue weighted by atomic mass is 10.00. The molecule has 0 saturated carbocycles. The molecule has 0 bridgehead atoms. The SMILES string of the molecule is Cc1cc(C)cc(C(NC(=O)OC(C)(C)C)C(=O)N2CCN(c3ccc(F)cc3)CC2)c1. The number of amides is 2. The van der Waals surface area contributed by atoms with E-state index in [0.717, 1.165) is 22.4 Å². The van der Waals surface area contributed by atoms with Crippen LogP contribution in [0.25, 0.3) is 0 Å². The maximum absolute atomic E-state index is 13.5. The van der Waals surface area contributed by atoms with Gasteiger partial charge in [-0.3, -0.25) is 4.79 Å². The van der Waals surface area contributed by atoms with Crippen LogP contribution in [0.2, 0.25) is 0 Å². The molecule has 0 radical (unpaired) electrons. The molecule has 1 saturated heterocycles. The fourth-order valence-electron chi connectivity index (χ4n) is 3.91. The molecular formula is C25H32FN3O3. The normalized spacial score (nSPS) is 15.3. The lowest BCUT2D eigenvalue weighted by molar-refractivity contribution is -0.134. The second-order valence-electron chi connectivity index (χ2n) is 9.29. The number of piperazine rings is 1. The second kappa shape index (κ2) is 9.59. The summed E-state index contributed by atoms with van der Waals surface area (Å²) in [6.07, 6.45) is -0.625. The van der Waals surface area contributed by atoms with Crippen molar-refractivity contribution in [1.82, 2.24) is 10.2 Å². The summed E-state index contributed by atoms with van der Waals surface area (Å²) >= 11 is 0. The van der Waals surface area contributed by atoms with Crippen LogP contribution in [-0.4, -0.2) is 48.7 Å². The molecular weight excluding hydrogens is 409 g/mol. The second-order valence-corrected chi connectivity index (χ2v) is 9.29. The van der Waals surface area contributed by atoms with Gasteiger partial charge in [0.2, 0.25) is 5.91 Å². The molecule has 6 nitrogen and oxygen atoms in total. The van der Waals surface area contributed by atoms with E-state index in [2.05, 4.69) is 10.2 Å². The van der Waals surface area contributed by atoms with E-state index in [9.17, 15) is 14.0 Å². The summed E-state index contributed by atoms with van der Waals surface area (Å²) in [6.45, 7) is 11.6. The Balaban J connectivity index is 1.76. The molecule has 32 heavy (non-hydrogen) atoms. The zero-order valence-corrected chi connectivity index (χ0v) is 19.4. The van der Waals surface area contributed by atoms with Gasteiger partial charge in [-0.1, -0.05) is 29.3 Å². The Labute approximate surface area is 189 Å². The molecule has 1 atom stereocenters. The third-order valence-corrected chi connectivity index (χ3v) is 5.27. The summed E-state index contributed by atoms with van der Waals surface area (Å²) in [4.78, 5) is 29.9. The Hall–Kier alpha value is -3.09. The largest absolute Gasteiger partial charge is 0.444 e. The van der Waals surface area contributed by atoms with Crippen LogP contribution >= 0.6 is 0 Å². The number of halogens is 1. The maximum atomic E-state index is 13.5. The number of nitrogens with one attached hydrogen (secondary N) is 1. The van der Waals surface area contributed by atoms with Gasteiger partial charge in [0.1, 0.15) is 17.5 Å². The third kappa shape index (κ3) is 6.22. The fourth-order valence-corrected chi connectivity index (χ4v) is 3.91. The summed E-state index contributed by atoms with van der Waals surface area (Å²) in [6, 6.07) is 11.4. The Morgan fingerprint density at radius 3 is 2.06 bits per heavy atom. The zero-order chi connectivity index (χ0) is 23.5. The maximum Gasteiger partial charge on any atom is 0.408 e. The Kier molecular flexibility index (Phi) is 7.06. The smallest absolute Gasteiger partial charge is 0.408 e. The van der Waals surface area contributed by atoms with Crippen LogP contribution < -0.4 is 10.2 Å². The van der Waals surface area contributed by atoms with Crippen LogP contribution in [0.3, 0.4) is 0 Å². The minimum Gasteiger partial charge on any atom is -0.444 e. The first-order valence-electron chi connectivity index (χ1n) is 10.9. The Morgan fingerprint density at radius 1 is 0.969 bits per heavy atom. The van der Waals surface area contributed by atoms with E-state index in [0.29, 0.717) is 26.2 Å². The highest BCUT2D eigenvalue weighted by Gasteiger charge is 2.31.